The lowest BCUT2D eigenvalue weighted by molar-refractivity contribution is 0.0571. The van der Waals surface area contributed by atoms with Gasteiger partial charge in [0.1, 0.15) is 0 Å². The second-order valence-corrected chi connectivity index (χ2v) is 7.36. The van der Waals surface area contributed by atoms with Crippen molar-refractivity contribution in [2.75, 3.05) is 26.4 Å². The van der Waals surface area contributed by atoms with Crippen molar-refractivity contribution < 1.29 is 18.0 Å². The quantitative estimate of drug-likeness (QED) is 0.349. The summed E-state index contributed by atoms with van der Waals surface area (Å²) in [6, 6.07) is 0. The summed E-state index contributed by atoms with van der Waals surface area (Å²) < 4.78 is 23.3. The van der Waals surface area contributed by atoms with E-state index >= 15 is 0 Å². The van der Waals surface area contributed by atoms with E-state index in [4.69, 9.17) is 18.0 Å². The second kappa shape index (κ2) is 7.40. The lowest BCUT2D eigenvalue weighted by Gasteiger charge is -2.34. The SMILES string of the molecule is C=C(C)CC(C1CO1)[Si](OCC)(OCC)OCC. The van der Waals surface area contributed by atoms with E-state index in [0.29, 0.717) is 19.8 Å². The zero-order valence-electron chi connectivity index (χ0n) is 12.0. The molecule has 0 spiro atoms. The number of hydrogen-bond acceptors (Lipinski definition) is 4. The fourth-order valence-corrected chi connectivity index (χ4v) is 5.54. The molecule has 0 N–H and O–H groups in total. The predicted octanol–water partition coefficient (Wildman–Crippen LogP) is 2.77. The Morgan fingerprint density at radius 1 is 1.22 bits per heavy atom. The van der Waals surface area contributed by atoms with Crippen molar-refractivity contribution in [1.29, 1.82) is 0 Å². The van der Waals surface area contributed by atoms with Gasteiger partial charge in [0.2, 0.25) is 0 Å². The van der Waals surface area contributed by atoms with Gasteiger partial charge in [-0.15, -0.1) is 6.58 Å². The van der Waals surface area contributed by atoms with Crippen LogP contribution in [0.3, 0.4) is 0 Å². The van der Waals surface area contributed by atoms with Crippen LogP contribution in [0.1, 0.15) is 34.1 Å². The molecule has 2 unspecified atom stereocenters. The summed E-state index contributed by atoms with van der Waals surface area (Å²) in [5.41, 5.74) is 1.29. The molecular formula is C13H26O4Si. The van der Waals surface area contributed by atoms with Crippen LogP contribution in [-0.2, 0) is 18.0 Å². The summed E-state index contributed by atoms with van der Waals surface area (Å²) >= 11 is 0. The molecular weight excluding hydrogens is 248 g/mol. The summed E-state index contributed by atoms with van der Waals surface area (Å²) in [6.07, 6.45) is 1.05. The number of rotatable bonds is 10. The average molecular weight is 274 g/mol. The van der Waals surface area contributed by atoms with Gasteiger partial charge in [-0.2, -0.15) is 0 Å². The van der Waals surface area contributed by atoms with E-state index in [1.54, 1.807) is 0 Å². The molecule has 1 heterocycles. The summed E-state index contributed by atoms with van der Waals surface area (Å²) in [4.78, 5) is 0. The maximum atomic E-state index is 5.95. The first-order chi connectivity index (χ1) is 8.59. The van der Waals surface area contributed by atoms with Crippen molar-refractivity contribution in [3.63, 3.8) is 0 Å². The highest BCUT2D eigenvalue weighted by molar-refractivity contribution is 6.62. The van der Waals surface area contributed by atoms with Crippen molar-refractivity contribution in [3.8, 4) is 0 Å². The number of epoxide rings is 1. The van der Waals surface area contributed by atoms with Crippen LogP contribution in [0.2, 0.25) is 5.54 Å². The van der Waals surface area contributed by atoms with Gasteiger partial charge in [-0.05, 0) is 34.1 Å². The fourth-order valence-electron chi connectivity index (χ4n) is 2.20. The first-order valence-electron chi connectivity index (χ1n) is 6.77. The average Bonchev–Trinajstić information content (AvgIpc) is 3.10. The third-order valence-electron chi connectivity index (χ3n) is 2.87. The fraction of sp³-hybridized carbons (Fsp3) is 0.846. The Labute approximate surface area is 112 Å². The molecule has 106 valence electrons. The standard InChI is InChI=1S/C13H26O4Si/c1-6-15-18(16-7-2,17-8-3)13(9-11(4)5)12-10-14-12/h12-13H,4,6-10H2,1-3,5H3. The summed E-state index contributed by atoms with van der Waals surface area (Å²) in [5, 5.41) is 0. The zero-order valence-corrected chi connectivity index (χ0v) is 13.0. The molecule has 4 nitrogen and oxygen atoms in total. The molecule has 0 aromatic rings. The molecule has 1 rings (SSSR count). The first-order valence-corrected chi connectivity index (χ1v) is 8.57. The largest absolute Gasteiger partial charge is 0.507 e. The summed E-state index contributed by atoms with van der Waals surface area (Å²) in [7, 11) is -2.67. The molecule has 0 aromatic heterocycles. The van der Waals surface area contributed by atoms with Crippen LogP contribution in [0, 0.1) is 0 Å². The van der Waals surface area contributed by atoms with Gasteiger partial charge < -0.3 is 18.0 Å². The Balaban J connectivity index is 2.89. The molecule has 1 saturated heterocycles. The van der Waals surface area contributed by atoms with Crippen LogP contribution in [0.15, 0.2) is 12.2 Å². The minimum absolute atomic E-state index is 0.176. The number of hydrogen-bond donors (Lipinski definition) is 0. The highest BCUT2D eigenvalue weighted by atomic mass is 28.4. The summed E-state index contributed by atoms with van der Waals surface area (Å²) in [6.45, 7) is 14.5. The van der Waals surface area contributed by atoms with E-state index in [1.165, 1.54) is 0 Å². The molecule has 2 atom stereocenters. The highest BCUT2D eigenvalue weighted by Gasteiger charge is 2.56. The predicted molar refractivity (Wildman–Crippen MR) is 73.6 cm³/mol. The third kappa shape index (κ3) is 4.17. The zero-order chi connectivity index (χ0) is 13.6. The minimum Gasteiger partial charge on any atom is -0.374 e. The van der Waals surface area contributed by atoms with Crippen molar-refractivity contribution in [2.45, 2.75) is 45.8 Å². The van der Waals surface area contributed by atoms with E-state index < -0.39 is 8.80 Å². The molecule has 0 aromatic carbocycles. The van der Waals surface area contributed by atoms with Gasteiger partial charge >= 0.3 is 8.80 Å². The van der Waals surface area contributed by atoms with E-state index in [9.17, 15) is 0 Å². The van der Waals surface area contributed by atoms with E-state index in [2.05, 4.69) is 6.58 Å². The smallest absolute Gasteiger partial charge is 0.374 e. The van der Waals surface area contributed by atoms with Crippen molar-refractivity contribution in [2.24, 2.45) is 0 Å². The Bertz CT molecular complexity index is 249. The van der Waals surface area contributed by atoms with Crippen LogP contribution in [0.25, 0.3) is 0 Å². The Morgan fingerprint density at radius 2 is 1.67 bits per heavy atom. The maximum absolute atomic E-state index is 5.95. The molecule has 1 fully saturated rings. The van der Waals surface area contributed by atoms with Crippen molar-refractivity contribution in [1.82, 2.24) is 0 Å². The third-order valence-corrected chi connectivity index (χ3v) is 6.42. The van der Waals surface area contributed by atoms with Gasteiger partial charge in [0.15, 0.2) is 0 Å². The van der Waals surface area contributed by atoms with Crippen molar-refractivity contribution in [3.05, 3.63) is 12.2 Å². The molecule has 1 aliphatic heterocycles. The van der Waals surface area contributed by atoms with Gasteiger partial charge in [0.05, 0.1) is 18.3 Å². The Hall–Kier alpha value is -0.203. The van der Waals surface area contributed by atoms with E-state index in [0.717, 1.165) is 18.6 Å². The van der Waals surface area contributed by atoms with Crippen LogP contribution in [0.4, 0.5) is 0 Å². The van der Waals surface area contributed by atoms with Crippen LogP contribution in [0.5, 0.6) is 0 Å². The van der Waals surface area contributed by atoms with Crippen LogP contribution >= 0.6 is 0 Å². The molecule has 18 heavy (non-hydrogen) atoms. The van der Waals surface area contributed by atoms with Gasteiger partial charge in [-0.1, -0.05) is 5.57 Å². The topological polar surface area (TPSA) is 40.2 Å². The molecule has 0 radical (unpaired) electrons. The van der Waals surface area contributed by atoms with E-state index in [1.807, 2.05) is 27.7 Å². The lowest BCUT2D eigenvalue weighted by Crippen LogP contribution is -2.52. The monoisotopic (exact) mass is 274 g/mol. The molecule has 1 aliphatic rings. The van der Waals surface area contributed by atoms with Crippen LogP contribution in [-0.4, -0.2) is 41.3 Å². The minimum atomic E-state index is -2.67. The number of allylic oxidation sites excluding steroid dienone is 1. The normalized spacial score (nSPS) is 20.8. The van der Waals surface area contributed by atoms with Gasteiger partial charge in [0.25, 0.3) is 0 Å². The maximum Gasteiger partial charge on any atom is 0.507 e. The molecule has 0 bridgehead atoms. The lowest BCUT2D eigenvalue weighted by atomic mass is 10.1. The first kappa shape index (κ1) is 15.9. The number of ether oxygens (including phenoxy) is 1. The molecule has 0 saturated carbocycles. The molecule has 5 heteroatoms. The van der Waals surface area contributed by atoms with Crippen molar-refractivity contribution >= 4 is 8.80 Å². The Morgan fingerprint density at radius 3 is 1.94 bits per heavy atom. The second-order valence-electron chi connectivity index (χ2n) is 4.54. The summed E-state index contributed by atoms with van der Waals surface area (Å²) in [5.74, 6) is 0. The van der Waals surface area contributed by atoms with Gasteiger partial charge in [-0.3, -0.25) is 0 Å². The Kier molecular flexibility index (Phi) is 6.52. The van der Waals surface area contributed by atoms with E-state index in [-0.39, 0.29) is 11.6 Å². The van der Waals surface area contributed by atoms with Gasteiger partial charge in [0, 0.05) is 19.8 Å². The molecule has 0 aliphatic carbocycles. The highest BCUT2D eigenvalue weighted by Crippen LogP contribution is 2.40. The van der Waals surface area contributed by atoms with Crippen LogP contribution < -0.4 is 0 Å². The van der Waals surface area contributed by atoms with Gasteiger partial charge in [-0.25, -0.2) is 0 Å². The molecule has 0 amide bonds.